The van der Waals surface area contributed by atoms with Crippen molar-refractivity contribution in [2.75, 3.05) is 5.32 Å². The highest BCUT2D eigenvalue weighted by atomic mass is 16.6. The van der Waals surface area contributed by atoms with Crippen LogP contribution in [0.4, 0.5) is 10.5 Å². The monoisotopic (exact) mass is 261 g/mol. The highest BCUT2D eigenvalue weighted by Crippen LogP contribution is 2.27. The Kier molecular flexibility index (Phi) is 4.46. The first kappa shape index (κ1) is 13.9. The molecule has 1 amide bonds. The van der Waals surface area contributed by atoms with Gasteiger partial charge >= 0.3 is 6.09 Å². The molecule has 0 spiro atoms. The largest absolute Gasteiger partial charge is 0.446 e. The van der Waals surface area contributed by atoms with Crippen molar-refractivity contribution in [2.45, 2.75) is 52.6 Å². The van der Waals surface area contributed by atoms with Crippen molar-refractivity contribution in [1.29, 1.82) is 0 Å². The fraction of sp³-hybridized carbons (Fsp3) is 0.562. The first-order valence-corrected chi connectivity index (χ1v) is 7.12. The molecule has 3 nitrogen and oxygen atoms in total. The lowest BCUT2D eigenvalue weighted by Crippen LogP contribution is -2.30. The topological polar surface area (TPSA) is 38.3 Å². The molecule has 0 aromatic heterocycles. The van der Waals surface area contributed by atoms with Gasteiger partial charge in [0.05, 0.1) is 0 Å². The first-order valence-electron chi connectivity index (χ1n) is 7.12. The van der Waals surface area contributed by atoms with Crippen molar-refractivity contribution in [3.63, 3.8) is 0 Å². The predicted molar refractivity (Wildman–Crippen MR) is 77.4 cm³/mol. The molecule has 2 rings (SSSR count). The summed E-state index contributed by atoms with van der Waals surface area (Å²) in [6.45, 7) is 6.15. The van der Waals surface area contributed by atoms with E-state index in [1.54, 1.807) is 0 Å². The minimum atomic E-state index is -0.323. The van der Waals surface area contributed by atoms with E-state index in [0.29, 0.717) is 5.92 Å². The van der Waals surface area contributed by atoms with Gasteiger partial charge in [-0.1, -0.05) is 31.5 Å². The number of hydrogen-bond acceptors (Lipinski definition) is 2. The summed E-state index contributed by atoms with van der Waals surface area (Å²) in [4.78, 5) is 12.0. The second kappa shape index (κ2) is 6.09. The molecule has 104 valence electrons. The molecule has 1 aliphatic carbocycles. The van der Waals surface area contributed by atoms with Crippen molar-refractivity contribution < 1.29 is 9.53 Å². The van der Waals surface area contributed by atoms with Crippen molar-refractivity contribution in [2.24, 2.45) is 5.92 Å². The second-order valence-corrected chi connectivity index (χ2v) is 5.60. The molecule has 0 heterocycles. The van der Waals surface area contributed by atoms with E-state index in [9.17, 15) is 4.79 Å². The van der Waals surface area contributed by atoms with Gasteiger partial charge in [0.2, 0.25) is 0 Å². The van der Waals surface area contributed by atoms with Crippen LogP contribution in [0.1, 0.15) is 43.7 Å². The number of aryl methyl sites for hydroxylation is 2. The van der Waals surface area contributed by atoms with Gasteiger partial charge in [0.1, 0.15) is 6.10 Å². The summed E-state index contributed by atoms with van der Waals surface area (Å²) in [6, 6.07) is 5.97. The maximum atomic E-state index is 12.0. The van der Waals surface area contributed by atoms with Gasteiger partial charge in [0.15, 0.2) is 0 Å². The molecule has 1 aromatic carbocycles. The van der Waals surface area contributed by atoms with Gasteiger partial charge in [-0.2, -0.15) is 0 Å². The number of para-hydroxylation sites is 1. The maximum Gasteiger partial charge on any atom is 0.411 e. The van der Waals surface area contributed by atoms with Crippen molar-refractivity contribution in [3.8, 4) is 0 Å². The summed E-state index contributed by atoms with van der Waals surface area (Å²) in [6.07, 6.45) is 4.29. The van der Waals surface area contributed by atoms with Gasteiger partial charge in [-0.25, -0.2) is 4.79 Å². The van der Waals surface area contributed by atoms with Crippen LogP contribution in [0.2, 0.25) is 0 Å². The molecule has 3 heteroatoms. The fourth-order valence-corrected chi connectivity index (χ4v) is 2.74. The normalized spacial score (nSPS) is 22.9. The predicted octanol–water partition coefficient (Wildman–Crippen LogP) is 4.43. The lowest BCUT2D eigenvalue weighted by molar-refractivity contribution is 0.0524. The Bertz CT molecular complexity index is 436. The van der Waals surface area contributed by atoms with Crippen molar-refractivity contribution in [1.82, 2.24) is 0 Å². The van der Waals surface area contributed by atoms with Crippen LogP contribution in [-0.2, 0) is 4.74 Å². The third-order valence-corrected chi connectivity index (χ3v) is 4.00. The molecule has 19 heavy (non-hydrogen) atoms. The first-order chi connectivity index (χ1) is 9.08. The smallest absolute Gasteiger partial charge is 0.411 e. The van der Waals surface area contributed by atoms with Gasteiger partial charge in [-0.3, -0.25) is 5.32 Å². The van der Waals surface area contributed by atoms with E-state index in [0.717, 1.165) is 36.1 Å². The Hall–Kier alpha value is -1.51. The molecule has 0 bridgehead atoms. The minimum absolute atomic E-state index is 0.0677. The lowest BCUT2D eigenvalue weighted by atomic mass is 9.88. The van der Waals surface area contributed by atoms with E-state index in [4.69, 9.17) is 4.74 Å². The molecular formula is C16H23NO2. The van der Waals surface area contributed by atoms with Crippen LogP contribution in [0.15, 0.2) is 18.2 Å². The van der Waals surface area contributed by atoms with Gasteiger partial charge < -0.3 is 4.74 Å². The average Bonchev–Trinajstić information content (AvgIpc) is 2.37. The van der Waals surface area contributed by atoms with Gasteiger partial charge in [-0.15, -0.1) is 0 Å². The molecule has 1 N–H and O–H groups in total. The fourth-order valence-electron chi connectivity index (χ4n) is 2.74. The summed E-state index contributed by atoms with van der Waals surface area (Å²) in [5, 5.41) is 2.89. The second-order valence-electron chi connectivity index (χ2n) is 5.60. The van der Waals surface area contributed by atoms with Crippen LogP contribution in [-0.4, -0.2) is 12.2 Å². The highest BCUT2D eigenvalue weighted by molar-refractivity contribution is 5.86. The lowest BCUT2D eigenvalue weighted by Gasteiger charge is -2.28. The number of anilines is 1. The Morgan fingerprint density at radius 1 is 1.21 bits per heavy atom. The SMILES string of the molecule is Cc1cccc(C)c1NC(=O)O[C@@H]1CCCC[C@H]1C. The number of ether oxygens (including phenoxy) is 1. The Labute approximate surface area is 115 Å². The molecule has 1 aromatic rings. The van der Waals surface area contributed by atoms with Crippen molar-refractivity contribution >= 4 is 11.8 Å². The number of benzene rings is 1. The number of rotatable bonds is 2. The van der Waals surface area contributed by atoms with Crippen molar-refractivity contribution in [3.05, 3.63) is 29.3 Å². The average molecular weight is 261 g/mol. The Morgan fingerprint density at radius 3 is 2.47 bits per heavy atom. The van der Waals surface area contributed by atoms with Gasteiger partial charge in [0.25, 0.3) is 0 Å². The number of carbonyl (C=O) groups is 1. The number of nitrogens with one attached hydrogen (secondary N) is 1. The molecule has 2 atom stereocenters. The van der Waals surface area contributed by atoms with E-state index in [2.05, 4.69) is 12.2 Å². The molecule has 0 unspecified atom stereocenters. The number of hydrogen-bond donors (Lipinski definition) is 1. The molecule has 0 radical (unpaired) electrons. The van der Waals surface area contributed by atoms with E-state index in [1.807, 2.05) is 32.0 Å². The van der Waals surface area contributed by atoms with Crippen LogP contribution >= 0.6 is 0 Å². The van der Waals surface area contributed by atoms with Gasteiger partial charge in [-0.05, 0) is 50.2 Å². The van der Waals surface area contributed by atoms with E-state index in [-0.39, 0.29) is 12.2 Å². The van der Waals surface area contributed by atoms with Crippen LogP contribution in [0.5, 0.6) is 0 Å². The van der Waals surface area contributed by atoms with Crippen LogP contribution in [0, 0.1) is 19.8 Å². The molecular weight excluding hydrogens is 238 g/mol. The van der Waals surface area contributed by atoms with Gasteiger partial charge in [0, 0.05) is 5.69 Å². The standard InChI is InChI=1S/C16H23NO2/c1-11-7-4-5-10-14(11)19-16(18)17-15-12(2)8-6-9-13(15)3/h6,8-9,11,14H,4-5,7,10H2,1-3H3,(H,17,18)/t11-,14-/m1/s1. The van der Waals surface area contributed by atoms with Crippen LogP contribution in [0.3, 0.4) is 0 Å². The Balaban J connectivity index is 1.97. The zero-order chi connectivity index (χ0) is 13.8. The van der Waals surface area contributed by atoms with E-state index >= 15 is 0 Å². The molecule has 1 fully saturated rings. The molecule has 0 aliphatic heterocycles. The van der Waals surface area contributed by atoms with E-state index < -0.39 is 0 Å². The quantitative estimate of drug-likeness (QED) is 0.855. The summed E-state index contributed by atoms with van der Waals surface area (Å²) in [5.41, 5.74) is 3.00. The number of amides is 1. The highest BCUT2D eigenvalue weighted by Gasteiger charge is 2.25. The zero-order valence-corrected chi connectivity index (χ0v) is 12.0. The summed E-state index contributed by atoms with van der Waals surface area (Å²) in [7, 11) is 0. The van der Waals surface area contributed by atoms with Crippen LogP contribution in [0.25, 0.3) is 0 Å². The number of carbonyl (C=O) groups excluding carboxylic acids is 1. The Morgan fingerprint density at radius 2 is 1.84 bits per heavy atom. The molecule has 0 saturated heterocycles. The summed E-state index contributed by atoms with van der Waals surface area (Å²) < 4.78 is 5.57. The minimum Gasteiger partial charge on any atom is -0.446 e. The molecule has 1 saturated carbocycles. The maximum absolute atomic E-state index is 12.0. The molecule has 1 aliphatic rings. The third-order valence-electron chi connectivity index (χ3n) is 4.00. The summed E-state index contributed by atoms with van der Waals surface area (Å²) >= 11 is 0. The third kappa shape index (κ3) is 3.49. The zero-order valence-electron chi connectivity index (χ0n) is 12.0. The van der Waals surface area contributed by atoms with E-state index in [1.165, 1.54) is 6.42 Å². The van der Waals surface area contributed by atoms with Crippen LogP contribution < -0.4 is 5.32 Å². The summed E-state index contributed by atoms with van der Waals surface area (Å²) in [5.74, 6) is 0.470.